The van der Waals surface area contributed by atoms with Crippen LogP contribution in [0.1, 0.15) is 25.5 Å². The molecule has 0 amide bonds. The second-order valence-corrected chi connectivity index (χ2v) is 3.51. The lowest BCUT2D eigenvalue weighted by atomic mass is 10.2. The fraction of sp³-hybridized carbons (Fsp3) is 0.600. The molecule has 15 heavy (non-hydrogen) atoms. The van der Waals surface area contributed by atoms with Gasteiger partial charge in [-0.05, 0) is 25.1 Å². The molecule has 0 aliphatic rings. The molecule has 0 bridgehead atoms. The van der Waals surface area contributed by atoms with E-state index in [9.17, 15) is 13.2 Å². The molecule has 2 nitrogen and oxygen atoms in total. The summed E-state index contributed by atoms with van der Waals surface area (Å²) in [5, 5.41) is 3.14. The van der Waals surface area contributed by atoms with Gasteiger partial charge in [-0.15, -0.1) is 0 Å². The molecule has 1 rings (SSSR count). The fourth-order valence-corrected chi connectivity index (χ4v) is 1.44. The maximum absolute atomic E-state index is 12.1. The first-order valence-electron chi connectivity index (χ1n) is 4.88. The van der Waals surface area contributed by atoms with Crippen LogP contribution in [0.25, 0.3) is 0 Å². The molecule has 5 heteroatoms. The number of hydrogen-bond donors (Lipinski definition) is 1. The van der Waals surface area contributed by atoms with Crippen LogP contribution in [0, 0.1) is 0 Å². The SMILES string of the molecule is CCNC(C)c1ccn(CC(F)(F)F)c1. The average molecular weight is 220 g/mol. The van der Waals surface area contributed by atoms with E-state index in [-0.39, 0.29) is 6.04 Å². The van der Waals surface area contributed by atoms with Crippen molar-refractivity contribution in [3.05, 3.63) is 24.0 Å². The van der Waals surface area contributed by atoms with Gasteiger partial charge in [0.05, 0.1) is 0 Å². The molecule has 1 N–H and O–H groups in total. The summed E-state index contributed by atoms with van der Waals surface area (Å²) in [6.45, 7) is 3.76. The minimum atomic E-state index is -4.16. The smallest absolute Gasteiger partial charge is 0.345 e. The highest BCUT2D eigenvalue weighted by atomic mass is 19.4. The summed E-state index contributed by atoms with van der Waals surface area (Å²) < 4.78 is 37.3. The first-order chi connectivity index (χ1) is 6.92. The van der Waals surface area contributed by atoms with Crippen molar-refractivity contribution in [2.24, 2.45) is 0 Å². The molecule has 0 aliphatic carbocycles. The van der Waals surface area contributed by atoms with Crippen LogP contribution in [0.5, 0.6) is 0 Å². The lowest BCUT2D eigenvalue weighted by Crippen LogP contribution is -2.18. The second kappa shape index (κ2) is 4.70. The summed E-state index contributed by atoms with van der Waals surface area (Å²) >= 11 is 0. The molecule has 0 aliphatic heterocycles. The quantitative estimate of drug-likeness (QED) is 0.825. The van der Waals surface area contributed by atoms with Crippen molar-refractivity contribution in [1.29, 1.82) is 0 Å². The number of rotatable bonds is 4. The van der Waals surface area contributed by atoms with Gasteiger partial charge < -0.3 is 9.88 Å². The van der Waals surface area contributed by atoms with Crippen molar-refractivity contribution in [2.75, 3.05) is 6.54 Å². The summed E-state index contributed by atoms with van der Waals surface area (Å²) in [6.07, 6.45) is -1.17. The van der Waals surface area contributed by atoms with Gasteiger partial charge in [0, 0.05) is 18.4 Å². The van der Waals surface area contributed by atoms with Crippen molar-refractivity contribution in [1.82, 2.24) is 9.88 Å². The predicted molar refractivity (Wildman–Crippen MR) is 52.6 cm³/mol. The zero-order valence-corrected chi connectivity index (χ0v) is 8.80. The Balaban J connectivity index is 2.64. The van der Waals surface area contributed by atoms with Gasteiger partial charge in [0.25, 0.3) is 0 Å². The fourth-order valence-electron chi connectivity index (χ4n) is 1.44. The number of nitrogens with zero attached hydrogens (tertiary/aromatic N) is 1. The highest BCUT2D eigenvalue weighted by molar-refractivity contribution is 5.14. The molecule has 1 atom stereocenters. The Morgan fingerprint density at radius 1 is 1.47 bits per heavy atom. The molecular formula is C10H15F3N2. The van der Waals surface area contributed by atoms with Crippen molar-refractivity contribution in [3.63, 3.8) is 0 Å². The third-order valence-electron chi connectivity index (χ3n) is 2.15. The van der Waals surface area contributed by atoms with E-state index in [4.69, 9.17) is 0 Å². The molecule has 0 saturated heterocycles. The molecule has 0 radical (unpaired) electrons. The maximum atomic E-state index is 12.1. The van der Waals surface area contributed by atoms with E-state index in [1.807, 2.05) is 13.8 Å². The van der Waals surface area contributed by atoms with E-state index in [0.717, 1.165) is 16.7 Å². The molecule has 86 valence electrons. The minimum absolute atomic E-state index is 0.0875. The first-order valence-corrected chi connectivity index (χ1v) is 4.88. The summed E-state index contributed by atoms with van der Waals surface area (Å²) in [4.78, 5) is 0. The average Bonchev–Trinajstić information content (AvgIpc) is 2.50. The maximum Gasteiger partial charge on any atom is 0.406 e. The van der Waals surface area contributed by atoms with Crippen molar-refractivity contribution >= 4 is 0 Å². The van der Waals surface area contributed by atoms with Crippen LogP contribution in [-0.4, -0.2) is 17.3 Å². The summed E-state index contributed by atoms with van der Waals surface area (Å²) in [5.41, 5.74) is 0.876. The Labute approximate surface area is 87.1 Å². The number of alkyl halides is 3. The van der Waals surface area contributed by atoms with Crippen LogP contribution in [0.4, 0.5) is 13.2 Å². The van der Waals surface area contributed by atoms with Crippen molar-refractivity contribution in [2.45, 2.75) is 32.6 Å². The van der Waals surface area contributed by atoms with Crippen molar-refractivity contribution < 1.29 is 13.2 Å². The zero-order chi connectivity index (χ0) is 11.5. The van der Waals surface area contributed by atoms with Crippen LogP contribution >= 0.6 is 0 Å². The van der Waals surface area contributed by atoms with Crippen LogP contribution in [-0.2, 0) is 6.54 Å². The van der Waals surface area contributed by atoms with E-state index < -0.39 is 12.7 Å². The molecule has 1 aromatic rings. The van der Waals surface area contributed by atoms with E-state index in [1.165, 1.54) is 12.4 Å². The van der Waals surface area contributed by atoms with Crippen LogP contribution in [0.15, 0.2) is 18.5 Å². The zero-order valence-electron chi connectivity index (χ0n) is 8.80. The van der Waals surface area contributed by atoms with Gasteiger partial charge in [-0.3, -0.25) is 0 Å². The Kier molecular flexibility index (Phi) is 3.79. The van der Waals surface area contributed by atoms with Gasteiger partial charge in [-0.2, -0.15) is 13.2 Å². The summed E-state index contributed by atoms with van der Waals surface area (Å²) in [7, 11) is 0. The van der Waals surface area contributed by atoms with Gasteiger partial charge >= 0.3 is 6.18 Å². The molecule has 0 aromatic carbocycles. The van der Waals surface area contributed by atoms with Gasteiger partial charge in [-0.25, -0.2) is 0 Å². The first kappa shape index (κ1) is 12.1. The van der Waals surface area contributed by atoms with Crippen LogP contribution in [0.3, 0.4) is 0 Å². The van der Waals surface area contributed by atoms with Crippen molar-refractivity contribution in [3.8, 4) is 0 Å². The standard InChI is InChI=1S/C10H15F3N2/c1-3-14-8(2)9-4-5-15(6-9)7-10(11,12)13/h4-6,8,14H,3,7H2,1-2H3. The van der Waals surface area contributed by atoms with Gasteiger partial charge in [0.1, 0.15) is 6.54 Å². The van der Waals surface area contributed by atoms with Gasteiger partial charge in [0.2, 0.25) is 0 Å². The number of hydrogen-bond acceptors (Lipinski definition) is 1. The molecule has 0 fully saturated rings. The Morgan fingerprint density at radius 2 is 2.13 bits per heavy atom. The summed E-state index contributed by atoms with van der Waals surface area (Å²) in [5.74, 6) is 0. The number of halogens is 3. The van der Waals surface area contributed by atoms with Crippen LogP contribution < -0.4 is 5.32 Å². The highest BCUT2D eigenvalue weighted by Crippen LogP contribution is 2.19. The monoisotopic (exact) mass is 220 g/mol. The second-order valence-electron chi connectivity index (χ2n) is 3.51. The molecule has 0 spiro atoms. The predicted octanol–water partition coefficient (Wildman–Crippen LogP) is 2.72. The molecule has 1 heterocycles. The lowest BCUT2D eigenvalue weighted by molar-refractivity contribution is -0.140. The topological polar surface area (TPSA) is 17.0 Å². The van der Waals surface area contributed by atoms with Gasteiger partial charge in [-0.1, -0.05) is 6.92 Å². The lowest BCUT2D eigenvalue weighted by Gasteiger charge is -2.10. The van der Waals surface area contributed by atoms with E-state index in [2.05, 4.69) is 5.32 Å². The third-order valence-corrected chi connectivity index (χ3v) is 2.15. The highest BCUT2D eigenvalue weighted by Gasteiger charge is 2.27. The largest absolute Gasteiger partial charge is 0.406 e. The van der Waals surface area contributed by atoms with Gasteiger partial charge in [0.15, 0.2) is 0 Å². The number of nitrogens with one attached hydrogen (secondary N) is 1. The molecular weight excluding hydrogens is 205 g/mol. The third kappa shape index (κ3) is 3.95. The van der Waals surface area contributed by atoms with Crippen LogP contribution in [0.2, 0.25) is 0 Å². The Hall–Kier alpha value is -0.970. The van der Waals surface area contributed by atoms with E-state index in [0.29, 0.717) is 0 Å². The molecule has 1 unspecified atom stereocenters. The van der Waals surface area contributed by atoms with E-state index in [1.54, 1.807) is 6.07 Å². The Morgan fingerprint density at radius 3 is 2.67 bits per heavy atom. The van der Waals surface area contributed by atoms with E-state index >= 15 is 0 Å². The Bertz CT molecular complexity index is 304. The normalized spacial score (nSPS) is 14.2. The number of aromatic nitrogens is 1. The minimum Gasteiger partial charge on any atom is -0.345 e. The molecule has 0 saturated carbocycles. The summed E-state index contributed by atoms with van der Waals surface area (Å²) in [6, 6.07) is 1.79. The molecule has 1 aromatic heterocycles.